The van der Waals surface area contributed by atoms with Gasteiger partial charge in [-0.1, -0.05) is 6.92 Å². The summed E-state index contributed by atoms with van der Waals surface area (Å²) < 4.78 is 17.1. The third-order valence-corrected chi connectivity index (χ3v) is 5.49. The van der Waals surface area contributed by atoms with Crippen LogP contribution in [0.4, 0.5) is 0 Å². The van der Waals surface area contributed by atoms with Crippen molar-refractivity contribution in [3.05, 3.63) is 23.2 Å². The van der Waals surface area contributed by atoms with Crippen molar-refractivity contribution in [3.8, 4) is 0 Å². The third-order valence-electron chi connectivity index (χ3n) is 3.57. The Labute approximate surface area is 116 Å². The zero-order chi connectivity index (χ0) is 14.2. The number of hydrogen-bond donors (Lipinski definition) is 0. The zero-order valence-electron chi connectivity index (χ0n) is 12.0. The van der Waals surface area contributed by atoms with Gasteiger partial charge in [0.2, 0.25) is 0 Å². The van der Waals surface area contributed by atoms with Gasteiger partial charge in [0.1, 0.15) is 5.76 Å². The third kappa shape index (κ3) is 2.76. The molecule has 5 heteroatoms. The van der Waals surface area contributed by atoms with Crippen molar-refractivity contribution in [2.45, 2.75) is 38.9 Å². The number of carbonyl (C=O) groups is 1. The maximum absolute atomic E-state index is 12.4. The highest BCUT2D eigenvalue weighted by Gasteiger charge is 2.36. The first-order valence-electron chi connectivity index (χ1n) is 6.62. The fraction of sp³-hybridized carbons (Fsp3) is 0.643. The largest absolute Gasteiger partial charge is 0.456 e. The van der Waals surface area contributed by atoms with Gasteiger partial charge in [0.25, 0.3) is 5.91 Å². The van der Waals surface area contributed by atoms with Crippen molar-refractivity contribution in [3.63, 3.8) is 0 Å². The fourth-order valence-corrected chi connectivity index (χ4v) is 3.62. The van der Waals surface area contributed by atoms with E-state index in [-0.39, 0.29) is 10.7 Å². The molecule has 0 N–H and O–H groups in total. The van der Waals surface area contributed by atoms with Crippen LogP contribution in [-0.2, 0) is 17.2 Å². The molecule has 0 bridgehead atoms. The fourth-order valence-electron chi connectivity index (χ4n) is 2.39. The maximum atomic E-state index is 12.4. The topological polar surface area (TPSA) is 50.5 Å². The molecular weight excluding hydrogens is 262 g/mol. The highest BCUT2D eigenvalue weighted by atomic mass is 32.2. The molecule has 106 valence electrons. The summed E-state index contributed by atoms with van der Waals surface area (Å²) in [6.07, 6.45) is 0.786. The SMILES string of the molecule is CCc1oc(C(=O)N2CC[S@](=O)C(C)(C)C2)cc1C. The van der Waals surface area contributed by atoms with E-state index < -0.39 is 10.8 Å². The summed E-state index contributed by atoms with van der Waals surface area (Å²) in [6, 6.07) is 1.81. The number of carbonyl (C=O) groups excluding carboxylic acids is 1. The molecule has 19 heavy (non-hydrogen) atoms. The molecule has 0 unspecified atom stereocenters. The summed E-state index contributed by atoms with van der Waals surface area (Å²) in [7, 11) is -0.869. The van der Waals surface area contributed by atoms with E-state index >= 15 is 0 Å². The van der Waals surface area contributed by atoms with Crippen LogP contribution in [0.1, 0.15) is 42.6 Å². The summed E-state index contributed by atoms with van der Waals surface area (Å²) >= 11 is 0. The predicted octanol–water partition coefficient (Wildman–Crippen LogP) is 2.13. The molecule has 1 saturated heterocycles. The van der Waals surface area contributed by atoms with Crippen LogP contribution >= 0.6 is 0 Å². The van der Waals surface area contributed by atoms with Crippen LogP contribution in [0.5, 0.6) is 0 Å². The molecule has 1 fully saturated rings. The van der Waals surface area contributed by atoms with Crippen molar-refractivity contribution >= 4 is 16.7 Å². The minimum atomic E-state index is -0.869. The van der Waals surface area contributed by atoms with E-state index in [0.29, 0.717) is 24.6 Å². The molecule has 2 heterocycles. The maximum Gasteiger partial charge on any atom is 0.289 e. The number of furan rings is 1. The van der Waals surface area contributed by atoms with Gasteiger partial charge in [0.15, 0.2) is 5.76 Å². The van der Waals surface area contributed by atoms with Crippen molar-refractivity contribution in [1.29, 1.82) is 0 Å². The second-order valence-electron chi connectivity index (χ2n) is 5.61. The second-order valence-corrected chi connectivity index (χ2v) is 7.81. The van der Waals surface area contributed by atoms with E-state index in [9.17, 15) is 9.00 Å². The smallest absolute Gasteiger partial charge is 0.289 e. The minimum absolute atomic E-state index is 0.0902. The van der Waals surface area contributed by atoms with Crippen LogP contribution in [0, 0.1) is 6.92 Å². The monoisotopic (exact) mass is 283 g/mol. The molecule has 4 nitrogen and oxygen atoms in total. The highest BCUT2D eigenvalue weighted by molar-refractivity contribution is 7.86. The summed E-state index contributed by atoms with van der Waals surface area (Å²) in [6.45, 7) is 8.89. The highest BCUT2D eigenvalue weighted by Crippen LogP contribution is 2.23. The Kier molecular flexibility index (Phi) is 3.85. The van der Waals surface area contributed by atoms with Crippen LogP contribution < -0.4 is 0 Å². The standard InChI is InChI=1S/C14H21NO3S/c1-5-11-10(2)8-12(18-11)13(16)15-6-7-19(17)14(3,4)9-15/h8H,5-7,9H2,1-4H3/t19-/m0/s1. The van der Waals surface area contributed by atoms with E-state index in [1.807, 2.05) is 27.7 Å². The van der Waals surface area contributed by atoms with Gasteiger partial charge >= 0.3 is 0 Å². The average Bonchev–Trinajstić information content (AvgIpc) is 2.73. The van der Waals surface area contributed by atoms with Gasteiger partial charge in [-0.2, -0.15) is 0 Å². The molecule has 0 aliphatic carbocycles. The van der Waals surface area contributed by atoms with Crippen molar-refractivity contribution in [2.24, 2.45) is 0 Å². The first-order chi connectivity index (χ1) is 8.85. The summed E-state index contributed by atoms with van der Waals surface area (Å²) in [5, 5.41) is 0. The molecule has 0 aromatic carbocycles. The Hall–Kier alpha value is -1.10. The molecule has 0 radical (unpaired) electrons. The van der Waals surface area contributed by atoms with Crippen LogP contribution in [0.25, 0.3) is 0 Å². The van der Waals surface area contributed by atoms with Crippen molar-refractivity contribution in [1.82, 2.24) is 4.90 Å². The van der Waals surface area contributed by atoms with E-state index in [1.54, 1.807) is 11.0 Å². The van der Waals surface area contributed by atoms with Gasteiger partial charge in [-0.25, -0.2) is 0 Å². The average molecular weight is 283 g/mol. The van der Waals surface area contributed by atoms with Crippen LogP contribution in [-0.4, -0.2) is 38.6 Å². The molecule has 0 saturated carbocycles. The molecule has 1 aliphatic heterocycles. The first-order valence-corrected chi connectivity index (χ1v) is 7.94. The molecule has 2 rings (SSSR count). The Morgan fingerprint density at radius 2 is 2.21 bits per heavy atom. The lowest BCUT2D eigenvalue weighted by Gasteiger charge is -2.36. The molecular formula is C14H21NO3S. The quantitative estimate of drug-likeness (QED) is 0.835. The Bertz CT molecular complexity index is 519. The second kappa shape index (κ2) is 5.12. The summed E-state index contributed by atoms with van der Waals surface area (Å²) in [4.78, 5) is 14.2. The van der Waals surface area contributed by atoms with Crippen molar-refractivity contribution < 1.29 is 13.4 Å². The van der Waals surface area contributed by atoms with E-state index in [2.05, 4.69) is 0 Å². The van der Waals surface area contributed by atoms with Gasteiger partial charge in [0, 0.05) is 36.1 Å². The Morgan fingerprint density at radius 3 is 2.74 bits per heavy atom. The Morgan fingerprint density at radius 1 is 1.53 bits per heavy atom. The minimum Gasteiger partial charge on any atom is -0.456 e. The summed E-state index contributed by atoms with van der Waals surface area (Å²) in [5.41, 5.74) is 1.02. The van der Waals surface area contributed by atoms with Crippen LogP contribution in [0.2, 0.25) is 0 Å². The normalized spacial score (nSPS) is 22.5. The summed E-state index contributed by atoms with van der Waals surface area (Å²) in [5.74, 6) is 1.72. The number of aryl methyl sites for hydroxylation is 2. The molecule has 1 aliphatic rings. The van der Waals surface area contributed by atoms with Crippen LogP contribution in [0.3, 0.4) is 0 Å². The number of nitrogens with zero attached hydrogens (tertiary/aromatic N) is 1. The first kappa shape index (κ1) is 14.3. The van der Waals surface area contributed by atoms with E-state index in [0.717, 1.165) is 17.7 Å². The lowest BCUT2D eigenvalue weighted by atomic mass is 10.1. The van der Waals surface area contributed by atoms with Gasteiger partial charge in [-0.15, -0.1) is 0 Å². The lowest BCUT2D eigenvalue weighted by molar-refractivity contribution is 0.0712. The lowest BCUT2D eigenvalue weighted by Crippen LogP contribution is -2.52. The molecule has 0 spiro atoms. The molecule has 1 atom stereocenters. The van der Waals surface area contributed by atoms with Crippen LogP contribution in [0.15, 0.2) is 10.5 Å². The molecule has 1 aromatic heterocycles. The zero-order valence-corrected chi connectivity index (χ0v) is 12.8. The Balaban J connectivity index is 2.18. The van der Waals surface area contributed by atoms with Gasteiger partial charge < -0.3 is 9.32 Å². The number of rotatable bonds is 2. The van der Waals surface area contributed by atoms with E-state index in [4.69, 9.17) is 4.42 Å². The van der Waals surface area contributed by atoms with Gasteiger partial charge in [0.05, 0.1) is 4.75 Å². The number of amides is 1. The van der Waals surface area contributed by atoms with Crippen molar-refractivity contribution in [2.75, 3.05) is 18.8 Å². The number of hydrogen-bond acceptors (Lipinski definition) is 3. The molecule has 1 amide bonds. The van der Waals surface area contributed by atoms with E-state index in [1.165, 1.54) is 0 Å². The predicted molar refractivity (Wildman–Crippen MR) is 75.8 cm³/mol. The van der Waals surface area contributed by atoms with Gasteiger partial charge in [-0.3, -0.25) is 9.00 Å². The van der Waals surface area contributed by atoms with Gasteiger partial charge in [-0.05, 0) is 32.4 Å². The molecule has 1 aromatic rings.